The van der Waals surface area contributed by atoms with E-state index in [4.69, 9.17) is 0 Å². The second-order valence-corrected chi connectivity index (χ2v) is 9.72. The van der Waals surface area contributed by atoms with Gasteiger partial charge in [-0.2, -0.15) is 0 Å². The van der Waals surface area contributed by atoms with Crippen molar-refractivity contribution in [3.63, 3.8) is 0 Å². The molecule has 30 heavy (non-hydrogen) atoms. The van der Waals surface area contributed by atoms with Crippen molar-refractivity contribution in [2.45, 2.75) is 24.8 Å². The van der Waals surface area contributed by atoms with E-state index in [2.05, 4.69) is 4.72 Å². The van der Waals surface area contributed by atoms with Crippen molar-refractivity contribution < 1.29 is 26.4 Å². The molecule has 1 N–H and O–H groups in total. The van der Waals surface area contributed by atoms with E-state index in [0.29, 0.717) is 24.9 Å². The minimum absolute atomic E-state index is 0.115. The van der Waals surface area contributed by atoms with Gasteiger partial charge in [0.15, 0.2) is 0 Å². The van der Waals surface area contributed by atoms with Crippen LogP contribution in [0.1, 0.15) is 24.3 Å². The maximum atomic E-state index is 14.3. The number of amides is 1. The molecule has 0 aromatic heterocycles. The Morgan fingerprint density at radius 2 is 1.83 bits per heavy atom. The van der Waals surface area contributed by atoms with Crippen LogP contribution in [0.15, 0.2) is 36.4 Å². The van der Waals surface area contributed by atoms with E-state index in [1.165, 1.54) is 18.2 Å². The first kappa shape index (κ1) is 20.9. The number of nitrogens with zero attached hydrogens (tertiary/aromatic N) is 1. The summed E-state index contributed by atoms with van der Waals surface area (Å²) in [7, 11) is -3.36. The van der Waals surface area contributed by atoms with Crippen molar-refractivity contribution in [1.29, 1.82) is 0 Å². The number of carbonyl (C=O) groups excluding carboxylic acids is 1. The molecule has 5 nitrogen and oxygen atoms in total. The highest BCUT2D eigenvalue weighted by Crippen LogP contribution is 2.52. The molecule has 3 atom stereocenters. The first-order chi connectivity index (χ1) is 14.1. The van der Waals surface area contributed by atoms with Gasteiger partial charge in [0, 0.05) is 25.0 Å². The molecule has 160 valence electrons. The van der Waals surface area contributed by atoms with Gasteiger partial charge in [-0.25, -0.2) is 26.3 Å². The van der Waals surface area contributed by atoms with E-state index >= 15 is 0 Å². The predicted octanol–water partition coefficient (Wildman–Crippen LogP) is 3.02. The third-order valence-electron chi connectivity index (χ3n) is 5.64. The van der Waals surface area contributed by atoms with E-state index in [0.717, 1.165) is 24.5 Å². The maximum Gasteiger partial charge on any atom is 0.226 e. The highest BCUT2D eigenvalue weighted by Gasteiger charge is 2.48. The second-order valence-electron chi connectivity index (χ2n) is 7.94. The van der Waals surface area contributed by atoms with Crippen LogP contribution in [0, 0.1) is 23.4 Å². The molecule has 0 spiro atoms. The zero-order chi connectivity index (χ0) is 21.6. The molecule has 1 saturated carbocycles. The van der Waals surface area contributed by atoms with Crippen LogP contribution in [0.2, 0.25) is 0 Å². The number of hydrogen-bond donors (Lipinski definition) is 1. The van der Waals surface area contributed by atoms with Gasteiger partial charge in [0.25, 0.3) is 0 Å². The molecule has 2 aliphatic rings. The maximum absolute atomic E-state index is 14.3. The Morgan fingerprint density at radius 3 is 2.50 bits per heavy atom. The van der Waals surface area contributed by atoms with Gasteiger partial charge in [0.2, 0.25) is 15.9 Å². The van der Waals surface area contributed by atoms with Gasteiger partial charge in [-0.05, 0) is 54.2 Å². The number of benzene rings is 2. The highest BCUT2D eigenvalue weighted by atomic mass is 32.2. The fourth-order valence-corrected chi connectivity index (χ4v) is 5.03. The summed E-state index contributed by atoms with van der Waals surface area (Å²) in [5.41, 5.74) is 0.344. The molecule has 1 aliphatic heterocycles. The van der Waals surface area contributed by atoms with E-state index < -0.39 is 27.5 Å². The number of rotatable bonds is 5. The fraction of sp³-hybridized carbons (Fsp3) is 0.381. The highest BCUT2D eigenvalue weighted by molar-refractivity contribution is 7.88. The molecule has 9 heteroatoms. The lowest BCUT2D eigenvalue weighted by Crippen LogP contribution is -2.38. The third-order valence-corrected chi connectivity index (χ3v) is 6.40. The van der Waals surface area contributed by atoms with Crippen LogP contribution in [0.4, 0.5) is 13.2 Å². The molecule has 2 aromatic rings. The zero-order valence-corrected chi connectivity index (χ0v) is 17.1. The summed E-state index contributed by atoms with van der Waals surface area (Å²) in [6, 6.07) is 6.94. The summed E-state index contributed by atoms with van der Waals surface area (Å²) < 4.78 is 67.8. The fourth-order valence-electron chi connectivity index (χ4n) is 4.23. The van der Waals surface area contributed by atoms with Gasteiger partial charge < -0.3 is 4.90 Å². The molecule has 2 aromatic carbocycles. The van der Waals surface area contributed by atoms with Crippen LogP contribution >= 0.6 is 0 Å². The Balaban J connectivity index is 1.54. The van der Waals surface area contributed by atoms with Crippen molar-refractivity contribution >= 4 is 15.9 Å². The van der Waals surface area contributed by atoms with Crippen LogP contribution in [-0.2, 0) is 14.8 Å². The minimum Gasteiger partial charge on any atom is -0.341 e. The van der Waals surface area contributed by atoms with Gasteiger partial charge in [-0.3, -0.25) is 4.79 Å². The van der Waals surface area contributed by atoms with Crippen LogP contribution in [0.5, 0.6) is 0 Å². The Hall–Kier alpha value is -2.39. The summed E-state index contributed by atoms with van der Waals surface area (Å²) >= 11 is 0. The number of hydrogen-bond acceptors (Lipinski definition) is 3. The monoisotopic (exact) mass is 438 g/mol. The van der Waals surface area contributed by atoms with Gasteiger partial charge in [-0.1, -0.05) is 12.1 Å². The van der Waals surface area contributed by atoms with Crippen LogP contribution in [-0.4, -0.2) is 44.6 Å². The Bertz CT molecular complexity index is 1090. The summed E-state index contributed by atoms with van der Waals surface area (Å²) in [5, 5.41) is 0. The van der Waals surface area contributed by atoms with Crippen molar-refractivity contribution in [2.24, 2.45) is 5.92 Å². The summed E-state index contributed by atoms with van der Waals surface area (Å²) in [6.45, 7) is 0.723. The lowest BCUT2D eigenvalue weighted by molar-refractivity contribution is -0.131. The minimum atomic E-state index is -3.36. The van der Waals surface area contributed by atoms with Gasteiger partial charge in [-0.15, -0.1) is 0 Å². The first-order valence-corrected chi connectivity index (χ1v) is 11.5. The van der Waals surface area contributed by atoms with Crippen LogP contribution < -0.4 is 4.72 Å². The average molecular weight is 438 g/mol. The normalized spacial score (nSPS) is 23.6. The Morgan fingerprint density at radius 1 is 1.13 bits per heavy atom. The molecule has 3 unspecified atom stereocenters. The predicted molar refractivity (Wildman–Crippen MR) is 106 cm³/mol. The van der Waals surface area contributed by atoms with Gasteiger partial charge in [0.05, 0.1) is 11.8 Å². The molecule has 1 aliphatic carbocycles. The Kier molecular flexibility index (Phi) is 5.36. The number of likely N-dealkylation sites (tertiary alicyclic amines) is 1. The Labute approximate surface area is 172 Å². The number of carbonyl (C=O) groups is 1. The standard InChI is InChI=1S/C21H21F3N2O3S/c1-30(28,29)25-13-7-8-26(11-13)21(27)17-10-15(17)14-6-5-12(22)9-16(14)20-18(23)3-2-4-19(20)24/h2-6,9,13,15,17,25H,7-8,10-11H2,1H3. The topological polar surface area (TPSA) is 66.5 Å². The number of nitrogens with one attached hydrogen (secondary N) is 1. The molecule has 4 rings (SSSR count). The summed E-state index contributed by atoms with van der Waals surface area (Å²) in [4.78, 5) is 14.5. The van der Waals surface area contributed by atoms with Crippen molar-refractivity contribution in [3.8, 4) is 11.1 Å². The molecular weight excluding hydrogens is 417 g/mol. The second kappa shape index (κ2) is 7.70. The van der Waals surface area contributed by atoms with Crippen LogP contribution in [0.25, 0.3) is 11.1 Å². The van der Waals surface area contributed by atoms with Crippen molar-refractivity contribution in [2.75, 3.05) is 19.3 Å². The molecule has 0 bridgehead atoms. The quantitative estimate of drug-likeness (QED) is 0.781. The summed E-state index contributed by atoms with van der Waals surface area (Å²) in [6.07, 6.45) is 2.10. The summed E-state index contributed by atoms with van der Waals surface area (Å²) in [5.74, 6) is -2.97. The average Bonchev–Trinajstić information content (AvgIpc) is 3.31. The number of halogens is 3. The van der Waals surface area contributed by atoms with E-state index in [9.17, 15) is 26.4 Å². The largest absolute Gasteiger partial charge is 0.341 e. The molecule has 1 saturated heterocycles. The first-order valence-electron chi connectivity index (χ1n) is 9.64. The lowest BCUT2D eigenvalue weighted by Gasteiger charge is -2.17. The van der Waals surface area contributed by atoms with Gasteiger partial charge >= 0.3 is 0 Å². The van der Waals surface area contributed by atoms with Crippen molar-refractivity contribution in [3.05, 3.63) is 59.4 Å². The van der Waals surface area contributed by atoms with E-state index in [-0.39, 0.29) is 41.5 Å². The van der Waals surface area contributed by atoms with Gasteiger partial charge in [0.1, 0.15) is 17.5 Å². The van der Waals surface area contributed by atoms with Crippen LogP contribution in [0.3, 0.4) is 0 Å². The molecule has 2 fully saturated rings. The number of sulfonamides is 1. The smallest absolute Gasteiger partial charge is 0.226 e. The van der Waals surface area contributed by atoms with Crippen molar-refractivity contribution in [1.82, 2.24) is 9.62 Å². The molecule has 1 amide bonds. The molecule has 0 radical (unpaired) electrons. The molecule has 1 heterocycles. The SMILES string of the molecule is CS(=O)(=O)NC1CCN(C(=O)C2CC2c2ccc(F)cc2-c2c(F)cccc2F)C1. The van der Waals surface area contributed by atoms with E-state index in [1.807, 2.05) is 0 Å². The molecular formula is C21H21F3N2O3S. The lowest BCUT2D eigenvalue weighted by atomic mass is 9.94. The zero-order valence-electron chi connectivity index (χ0n) is 16.2. The van der Waals surface area contributed by atoms with E-state index in [1.54, 1.807) is 4.90 Å². The third kappa shape index (κ3) is 4.22.